The van der Waals surface area contributed by atoms with Gasteiger partial charge in [0.05, 0.1) is 10.5 Å². The Morgan fingerprint density at radius 2 is 1.59 bits per heavy atom. The first-order valence-electron chi connectivity index (χ1n) is 6.61. The molecule has 0 saturated carbocycles. The molecule has 0 aliphatic heterocycles. The number of sulfone groups is 1. The van der Waals surface area contributed by atoms with E-state index in [0.717, 1.165) is 12.8 Å². The Labute approximate surface area is 107 Å². The van der Waals surface area contributed by atoms with Crippen LogP contribution in [-0.4, -0.2) is 31.5 Å². The summed E-state index contributed by atoms with van der Waals surface area (Å²) in [5, 5.41) is 3.33. The molecule has 1 atom stereocenters. The zero-order chi connectivity index (χ0) is 13.7. The van der Waals surface area contributed by atoms with Crippen LogP contribution in [0.5, 0.6) is 0 Å². The van der Waals surface area contributed by atoms with Crippen LogP contribution in [0.4, 0.5) is 0 Å². The van der Waals surface area contributed by atoms with Crippen molar-refractivity contribution in [1.82, 2.24) is 5.32 Å². The van der Waals surface area contributed by atoms with E-state index in [0.29, 0.717) is 18.5 Å². The van der Waals surface area contributed by atoms with E-state index in [1.807, 2.05) is 0 Å². The molecule has 0 aromatic carbocycles. The Balaban J connectivity index is 4.17. The fourth-order valence-electron chi connectivity index (χ4n) is 1.89. The monoisotopic (exact) mass is 263 g/mol. The van der Waals surface area contributed by atoms with Crippen LogP contribution >= 0.6 is 0 Å². The van der Waals surface area contributed by atoms with Crippen molar-refractivity contribution in [3.8, 4) is 0 Å². The Morgan fingerprint density at radius 1 is 1.12 bits per heavy atom. The molecule has 0 aliphatic carbocycles. The fourth-order valence-corrected chi connectivity index (χ4v) is 2.89. The Morgan fingerprint density at radius 3 is 1.94 bits per heavy atom. The lowest BCUT2D eigenvalue weighted by atomic mass is 9.96. The van der Waals surface area contributed by atoms with Crippen LogP contribution in [-0.2, 0) is 9.84 Å². The van der Waals surface area contributed by atoms with Crippen LogP contribution < -0.4 is 5.32 Å². The van der Waals surface area contributed by atoms with Crippen molar-refractivity contribution >= 4 is 9.84 Å². The fraction of sp³-hybridized carbons (Fsp3) is 1.00. The maximum absolute atomic E-state index is 11.9. The largest absolute Gasteiger partial charge is 0.313 e. The summed E-state index contributed by atoms with van der Waals surface area (Å²) in [6.45, 7) is 12.3. The van der Waals surface area contributed by atoms with Crippen molar-refractivity contribution in [2.24, 2.45) is 5.92 Å². The molecule has 104 valence electrons. The molecule has 0 saturated heterocycles. The second kappa shape index (κ2) is 6.74. The maximum Gasteiger partial charge on any atom is 0.156 e. The van der Waals surface area contributed by atoms with E-state index in [2.05, 4.69) is 26.1 Å². The van der Waals surface area contributed by atoms with E-state index in [9.17, 15) is 8.42 Å². The van der Waals surface area contributed by atoms with Gasteiger partial charge in [0, 0.05) is 12.6 Å². The Kier molecular flexibility index (Phi) is 6.70. The zero-order valence-electron chi connectivity index (χ0n) is 12.2. The quantitative estimate of drug-likeness (QED) is 0.768. The first-order chi connectivity index (χ1) is 7.65. The van der Waals surface area contributed by atoms with Crippen LogP contribution in [0.2, 0.25) is 0 Å². The van der Waals surface area contributed by atoms with E-state index in [1.165, 1.54) is 0 Å². The summed E-state index contributed by atoms with van der Waals surface area (Å²) in [6.07, 6.45) is 2.27. The number of rotatable bonds is 7. The van der Waals surface area contributed by atoms with Crippen molar-refractivity contribution in [2.45, 2.75) is 65.2 Å². The topological polar surface area (TPSA) is 46.2 Å². The third-order valence-electron chi connectivity index (χ3n) is 3.53. The van der Waals surface area contributed by atoms with E-state index in [4.69, 9.17) is 0 Å². The van der Waals surface area contributed by atoms with Crippen molar-refractivity contribution < 1.29 is 8.42 Å². The van der Waals surface area contributed by atoms with Crippen LogP contribution in [0.1, 0.15) is 54.4 Å². The third-order valence-corrected chi connectivity index (χ3v) is 6.13. The van der Waals surface area contributed by atoms with Gasteiger partial charge in [-0.2, -0.15) is 0 Å². The summed E-state index contributed by atoms with van der Waals surface area (Å²) in [6, 6.07) is 0.389. The molecule has 4 heteroatoms. The Bertz CT molecular complexity index is 300. The molecule has 0 heterocycles. The predicted octanol–water partition coefficient (Wildman–Crippen LogP) is 2.61. The van der Waals surface area contributed by atoms with Crippen molar-refractivity contribution in [1.29, 1.82) is 0 Å². The molecule has 0 rings (SSSR count). The Hall–Kier alpha value is -0.0900. The van der Waals surface area contributed by atoms with E-state index < -0.39 is 14.6 Å². The molecule has 0 spiro atoms. The smallest absolute Gasteiger partial charge is 0.156 e. The predicted molar refractivity (Wildman–Crippen MR) is 75.1 cm³/mol. The van der Waals surface area contributed by atoms with E-state index in [-0.39, 0.29) is 5.75 Å². The summed E-state index contributed by atoms with van der Waals surface area (Å²) >= 11 is 0. The number of nitrogens with one attached hydrogen (secondary N) is 1. The van der Waals surface area contributed by atoms with Gasteiger partial charge in [-0.15, -0.1) is 0 Å². The van der Waals surface area contributed by atoms with Gasteiger partial charge in [-0.25, -0.2) is 8.42 Å². The first-order valence-corrected chi connectivity index (χ1v) is 8.26. The number of hydrogen-bond acceptors (Lipinski definition) is 3. The average Bonchev–Trinajstić information content (AvgIpc) is 2.17. The summed E-state index contributed by atoms with van der Waals surface area (Å²) in [5.41, 5.74) is 0. The molecule has 0 aromatic heterocycles. The van der Waals surface area contributed by atoms with Crippen molar-refractivity contribution in [3.63, 3.8) is 0 Å². The molecule has 0 fully saturated rings. The van der Waals surface area contributed by atoms with Gasteiger partial charge in [0.1, 0.15) is 0 Å². The minimum atomic E-state index is -3.00. The highest BCUT2D eigenvalue weighted by atomic mass is 32.2. The highest BCUT2D eigenvalue weighted by Gasteiger charge is 2.28. The zero-order valence-corrected chi connectivity index (χ0v) is 13.0. The standard InChI is InChI=1S/C13H29NO2S/c1-7-12(8-2)11(3)14-9-10-17(15,16)13(4,5)6/h11-12,14H,7-10H2,1-6H3. The molecule has 0 aliphatic rings. The lowest BCUT2D eigenvalue weighted by Crippen LogP contribution is -2.39. The summed E-state index contributed by atoms with van der Waals surface area (Å²) in [4.78, 5) is 0. The summed E-state index contributed by atoms with van der Waals surface area (Å²) in [7, 11) is -3.00. The molecular formula is C13H29NO2S. The van der Waals surface area contributed by atoms with Crippen molar-refractivity contribution in [2.75, 3.05) is 12.3 Å². The van der Waals surface area contributed by atoms with Crippen LogP contribution in [0.3, 0.4) is 0 Å². The summed E-state index contributed by atoms with van der Waals surface area (Å²) in [5.74, 6) is 0.855. The van der Waals surface area contributed by atoms with Crippen LogP contribution in [0, 0.1) is 5.92 Å². The van der Waals surface area contributed by atoms with Crippen LogP contribution in [0.15, 0.2) is 0 Å². The molecule has 1 unspecified atom stereocenters. The van der Waals surface area contributed by atoms with Gasteiger partial charge in [-0.3, -0.25) is 0 Å². The van der Waals surface area contributed by atoms with Gasteiger partial charge in [0.15, 0.2) is 9.84 Å². The van der Waals surface area contributed by atoms with Gasteiger partial charge in [-0.05, 0) is 33.6 Å². The normalized spacial score (nSPS) is 15.2. The highest BCUT2D eigenvalue weighted by molar-refractivity contribution is 7.92. The molecular weight excluding hydrogens is 234 g/mol. The minimum Gasteiger partial charge on any atom is -0.313 e. The lowest BCUT2D eigenvalue weighted by Gasteiger charge is -2.24. The van der Waals surface area contributed by atoms with Gasteiger partial charge >= 0.3 is 0 Å². The van der Waals surface area contributed by atoms with Gasteiger partial charge in [0.2, 0.25) is 0 Å². The second-order valence-electron chi connectivity index (χ2n) is 5.75. The molecule has 1 N–H and O–H groups in total. The molecule has 3 nitrogen and oxygen atoms in total. The summed E-state index contributed by atoms with van der Waals surface area (Å²) < 4.78 is 23.2. The van der Waals surface area contributed by atoms with Gasteiger partial charge in [0.25, 0.3) is 0 Å². The first kappa shape index (κ1) is 16.9. The lowest BCUT2D eigenvalue weighted by molar-refractivity contribution is 0.360. The second-order valence-corrected chi connectivity index (χ2v) is 8.61. The molecule has 0 amide bonds. The molecule has 0 bridgehead atoms. The molecule has 0 aromatic rings. The van der Waals surface area contributed by atoms with Gasteiger partial charge < -0.3 is 5.32 Å². The van der Waals surface area contributed by atoms with Crippen LogP contribution in [0.25, 0.3) is 0 Å². The third kappa shape index (κ3) is 5.38. The maximum atomic E-state index is 11.9. The van der Waals surface area contributed by atoms with Gasteiger partial charge in [-0.1, -0.05) is 26.7 Å². The van der Waals surface area contributed by atoms with E-state index >= 15 is 0 Å². The highest BCUT2D eigenvalue weighted by Crippen LogP contribution is 2.16. The molecule has 17 heavy (non-hydrogen) atoms. The van der Waals surface area contributed by atoms with Crippen molar-refractivity contribution in [3.05, 3.63) is 0 Å². The minimum absolute atomic E-state index is 0.223. The van der Waals surface area contributed by atoms with E-state index in [1.54, 1.807) is 20.8 Å². The molecule has 0 radical (unpaired) electrons. The average molecular weight is 263 g/mol. The SMILES string of the molecule is CCC(CC)C(C)NCCS(=O)(=O)C(C)(C)C. The number of hydrogen-bond donors (Lipinski definition) is 1.